The Balaban J connectivity index is 1.52. The first-order valence-electron chi connectivity index (χ1n) is 10.9. The van der Waals surface area contributed by atoms with Gasteiger partial charge in [0.2, 0.25) is 5.91 Å². The highest BCUT2D eigenvalue weighted by molar-refractivity contribution is 5.95. The summed E-state index contributed by atoms with van der Waals surface area (Å²) in [6.45, 7) is 6.10. The zero-order valence-corrected chi connectivity index (χ0v) is 17.9. The van der Waals surface area contributed by atoms with Gasteiger partial charge in [-0.2, -0.15) is 5.10 Å². The fourth-order valence-electron chi connectivity index (χ4n) is 4.27. The van der Waals surface area contributed by atoms with Crippen LogP contribution < -0.4 is 10.2 Å². The van der Waals surface area contributed by atoms with Crippen LogP contribution in [0.2, 0.25) is 0 Å². The third kappa shape index (κ3) is 4.40. The van der Waals surface area contributed by atoms with E-state index in [0.29, 0.717) is 6.42 Å². The first kappa shape index (κ1) is 20.2. The highest BCUT2D eigenvalue weighted by atomic mass is 16.1. The summed E-state index contributed by atoms with van der Waals surface area (Å²) in [5, 5.41) is 7.83. The topological polar surface area (TPSA) is 50.2 Å². The van der Waals surface area contributed by atoms with Crippen molar-refractivity contribution in [2.24, 2.45) is 0 Å². The number of nitrogens with one attached hydrogen (secondary N) is 1. The van der Waals surface area contributed by atoms with Crippen LogP contribution in [0, 0.1) is 13.8 Å². The van der Waals surface area contributed by atoms with Crippen molar-refractivity contribution >= 4 is 17.3 Å². The molecule has 3 aromatic rings. The van der Waals surface area contributed by atoms with Gasteiger partial charge in [0.15, 0.2) is 0 Å². The van der Waals surface area contributed by atoms with Crippen LogP contribution in [0.3, 0.4) is 0 Å². The van der Waals surface area contributed by atoms with E-state index in [0.717, 1.165) is 47.1 Å². The largest absolute Gasteiger partial charge is 0.370 e. The number of benzene rings is 2. The second-order valence-electron chi connectivity index (χ2n) is 8.04. The maximum atomic E-state index is 13.0. The molecule has 1 fully saturated rings. The maximum absolute atomic E-state index is 13.0. The van der Waals surface area contributed by atoms with Gasteiger partial charge in [0.05, 0.1) is 29.2 Å². The Morgan fingerprint density at radius 2 is 1.60 bits per heavy atom. The average molecular weight is 403 g/mol. The van der Waals surface area contributed by atoms with E-state index in [9.17, 15) is 4.79 Å². The number of carbonyl (C=O) groups excluding carboxylic acids is 1. The lowest BCUT2D eigenvalue weighted by Gasteiger charge is -2.25. The summed E-state index contributed by atoms with van der Waals surface area (Å²) >= 11 is 0. The molecule has 0 unspecified atom stereocenters. The van der Waals surface area contributed by atoms with Crippen LogP contribution in [0.15, 0.2) is 54.6 Å². The maximum Gasteiger partial charge on any atom is 0.228 e. The molecule has 0 radical (unpaired) electrons. The minimum atomic E-state index is -0.00363. The van der Waals surface area contributed by atoms with Crippen molar-refractivity contribution in [3.05, 3.63) is 71.5 Å². The van der Waals surface area contributed by atoms with Crippen molar-refractivity contribution < 1.29 is 4.79 Å². The first-order chi connectivity index (χ1) is 14.6. The van der Waals surface area contributed by atoms with Crippen LogP contribution in [-0.4, -0.2) is 28.8 Å². The second kappa shape index (κ2) is 9.16. The van der Waals surface area contributed by atoms with Gasteiger partial charge in [0.25, 0.3) is 0 Å². The van der Waals surface area contributed by atoms with Gasteiger partial charge in [-0.1, -0.05) is 43.2 Å². The molecular weight excluding hydrogens is 372 g/mol. The number of hydrogen-bond acceptors (Lipinski definition) is 3. The Labute approximate surface area is 178 Å². The van der Waals surface area contributed by atoms with Crippen LogP contribution >= 0.6 is 0 Å². The van der Waals surface area contributed by atoms with Gasteiger partial charge in [0, 0.05) is 24.3 Å². The summed E-state index contributed by atoms with van der Waals surface area (Å²) < 4.78 is 1.92. The monoisotopic (exact) mass is 402 g/mol. The van der Waals surface area contributed by atoms with E-state index in [-0.39, 0.29) is 5.91 Å². The molecule has 0 spiro atoms. The molecule has 156 valence electrons. The third-order valence-electron chi connectivity index (χ3n) is 5.90. The Kier molecular flexibility index (Phi) is 6.17. The lowest BCUT2D eigenvalue weighted by Crippen LogP contribution is -2.26. The van der Waals surface area contributed by atoms with Crippen LogP contribution in [0.1, 0.15) is 42.6 Å². The molecule has 2 aromatic carbocycles. The first-order valence-corrected chi connectivity index (χ1v) is 10.9. The molecule has 0 aliphatic carbocycles. The number of anilines is 2. The molecule has 4 rings (SSSR count). The third-order valence-corrected chi connectivity index (χ3v) is 5.90. The number of para-hydroxylation sites is 3. The average Bonchev–Trinajstić information content (AvgIpc) is 2.95. The number of aryl methyl sites for hydroxylation is 1. The van der Waals surface area contributed by atoms with Crippen LogP contribution in [0.5, 0.6) is 0 Å². The lowest BCUT2D eigenvalue weighted by molar-refractivity contribution is -0.115. The van der Waals surface area contributed by atoms with E-state index < -0.39 is 0 Å². The van der Waals surface area contributed by atoms with Crippen LogP contribution in [0.4, 0.5) is 11.4 Å². The van der Waals surface area contributed by atoms with E-state index in [1.54, 1.807) is 0 Å². The number of aromatic nitrogens is 2. The van der Waals surface area contributed by atoms with E-state index in [1.807, 2.05) is 67.1 Å². The summed E-state index contributed by atoms with van der Waals surface area (Å²) in [6, 6.07) is 18.2. The summed E-state index contributed by atoms with van der Waals surface area (Å²) in [5.41, 5.74) is 5.93. The smallest absolute Gasteiger partial charge is 0.228 e. The molecule has 1 aliphatic heterocycles. The molecule has 0 saturated carbocycles. The molecule has 0 atom stereocenters. The summed E-state index contributed by atoms with van der Waals surface area (Å²) in [5.74, 6) is -0.00363. The van der Waals surface area contributed by atoms with Gasteiger partial charge in [-0.25, -0.2) is 4.68 Å². The Hall–Kier alpha value is -3.08. The van der Waals surface area contributed by atoms with E-state index >= 15 is 0 Å². The van der Waals surface area contributed by atoms with Crippen LogP contribution in [0.25, 0.3) is 5.69 Å². The Morgan fingerprint density at radius 3 is 2.33 bits per heavy atom. The second-order valence-corrected chi connectivity index (χ2v) is 8.04. The quantitative estimate of drug-likeness (QED) is 0.650. The van der Waals surface area contributed by atoms with Gasteiger partial charge in [-0.15, -0.1) is 0 Å². The fourth-order valence-corrected chi connectivity index (χ4v) is 4.27. The Bertz CT molecular complexity index is 1000. The molecule has 1 saturated heterocycles. The molecule has 2 heterocycles. The standard InChI is InChI=1S/C25H30N4O/c1-19-22(20(2)29(27-19)21-12-6-5-7-13-21)18-25(30)26-23-14-8-9-15-24(23)28-16-10-3-4-11-17-28/h5-9,12-15H,3-4,10-11,16-18H2,1-2H3,(H,26,30). The summed E-state index contributed by atoms with van der Waals surface area (Å²) in [6.07, 6.45) is 5.31. The molecule has 0 bridgehead atoms. The lowest BCUT2D eigenvalue weighted by atomic mass is 10.1. The van der Waals surface area contributed by atoms with E-state index in [2.05, 4.69) is 21.4 Å². The number of carbonyl (C=O) groups is 1. The molecule has 30 heavy (non-hydrogen) atoms. The molecule has 1 aromatic heterocycles. The normalized spacial score (nSPS) is 14.4. The van der Waals surface area contributed by atoms with Crippen molar-refractivity contribution in [1.29, 1.82) is 0 Å². The summed E-state index contributed by atoms with van der Waals surface area (Å²) in [7, 11) is 0. The molecular formula is C25H30N4O. The van der Waals surface area contributed by atoms with E-state index in [1.165, 1.54) is 25.7 Å². The van der Waals surface area contributed by atoms with Crippen molar-refractivity contribution in [2.45, 2.75) is 46.0 Å². The van der Waals surface area contributed by atoms with Crippen molar-refractivity contribution in [3.8, 4) is 5.69 Å². The molecule has 1 aliphatic rings. The SMILES string of the molecule is Cc1nn(-c2ccccc2)c(C)c1CC(=O)Nc1ccccc1N1CCCCCC1. The summed E-state index contributed by atoms with van der Waals surface area (Å²) in [4.78, 5) is 15.4. The van der Waals surface area contributed by atoms with Gasteiger partial charge >= 0.3 is 0 Å². The highest BCUT2D eigenvalue weighted by Crippen LogP contribution is 2.28. The molecule has 1 amide bonds. The Morgan fingerprint density at radius 1 is 0.933 bits per heavy atom. The van der Waals surface area contributed by atoms with Gasteiger partial charge < -0.3 is 10.2 Å². The minimum absolute atomic E-state index is 0.00363. The highest BCUT2D eigenvalue weighted by Gasteiger charge is 2.18. The van der Waals surface area contributed by atoms with E-state index in [4.69, 9.17) is 0 Å². The van der Waals surface area contributed by atoms with Crippen molar-refractivity contribution in [1.82, 2.24) is 9.78 Å². The molecule has 5 heteroatoms. The zero-order valence-electron chi connectivity index (χ0n) is 17.9. The van der Waals surface area contributed by atoms with Crippen LogP contribution in [-0.2, 0) is 11.2 Å². The number of amides is 1. The van der Waals surface area contributed by atoms with Gasteiger partial charge in [-0.3, -0.25) is 4.79 Å². The fraction of sp³-hybridized carbons (Fsp3) is 0.360. The minimum Gasteiger partial charge on any atom is -0.370 e. The molecule has 5 nitrogen and oxygen atoms in total. The predicted octanol–water partition coefficient (Wildman–Crippen LogP) is 5.05. The van der Waals surface area contributed by atoms with Gasteiger partial charge in [0.1, 0.15) is 0 Å². The van der Waals surface area contributed by atoms with Gasteiger partial charge in [-0.05, 0) is 51.0 Å². The van der Waals surface area contributed by atoms with Crippen molar-refractivity contribution in [2.75, 3.05) is 23.3 Å². The zero-order chi connectivity index (χ0) is 20.9. The van der Waals surface area contributed by atoms with Crippen molar-refractivity contribution in [3.63, 3.8) is 0 Å². The number of rotatable bonds is 5. The number of hydrogen-bond donors (Lipinski definition) is 1. The molecule has 1 N–H and O–H groups in total. The predicted molar refractivity (Wildman–Crippen MR) is 122 cm³/mol. The number of nitrogens with zero attached hydrogens (tertiary/aromatic N) is 3.